The molecule has 0 radical (unpaired) electrons. The maximum absolute atomic E-state index is 11.6. The highest BCUT2D eigenvalue weighted by atomic mass is 32.2. The fourth-order valence-electron chi connectivity index (χ4n) is 1.54. The highest BCUT2D eigenvalue weighted by Crippen LogP contribution is 2.32. The number of carbonyl (C=O) groups is 1. The van der Waals surface area contributed by atoms with Crippen molar-refractivity contribution < 1.29 is 18.3 Å². The Bertz CT molecular complexity index is 329. The van der Waals surface area contributed by atoms with Crippen molar-refractivity contribution >= 4 is 17.2 Å². The van der Waals surface area contributed by atoms with Crippen molar-refractivity contribution in [2.24, 2.45) is 5.92 Å². The second-order valence-electron chi connectivity index (χ2n) is 5.93. The van der Waals surface area contributed by atoms with Crippen molar-refractivity contribution in [2.45, 2.75) is 45.0 Å². The van der Waals surface area contributed by atoms with Gasteiger partial charge in [-0.1, -0.05) is 0 Å². The zero-order chi connectivity index (χ0) is 13.4. The number of hydrogen-bond donors (Lipinski definition) is 1. The van der Waals surface area contributed by atoms with Crippen LogP contribution in [0.2, 0.25) is 0 Å². The van der Waals surface area contributed by atoms with Crippen LogP contribution < -0.4 is 0 Å². The molecule has 0 aliphatic carbocycles. The summed E-state index contributed by atoms with van der Waals surface area (Å²) in [5.41, 5.74) is -0.502. The fraction of sp³-hybridized carbons (Fsp3) is 0.909. The van der Waals surface area contributed by atoms with Gasteiger partial charge in [-0.25, -0.2) is 9.00 Å². The largest absolute Gasteiger partial charge is 0.444 e. The number of hydrogen-bond acceptors (Lipinski definition) is 3. The first kappa shape index (κ1) is 14.4. The third-order valence-corrected chi connectivity index (χ3v) is 4.20. The van der Waals surface area contributed by atoms with Crippen molar-refractivity contribution in [3.05, 3.63) is 0 Å². The monoisotopic (exact) mass is 263 g/mol. The zero-order valence-electron chi connectivity index (χ0n) is 11.0. The van der Waals surface area contributed by atoms with E-state index in [0.717, 1.165) is 0 Å². The summed E-state index contributed by atoms with van der Waals surface area (Å²) in [6.07, 6.45) is -0.353. The second kappa shape index (κ2) is 4.57. The highest BCUT2D eigenvalue weighted by molar-refractivity contribution is 7.80. The third kappa shape index (κ3) is 3.42. The van der Waals surface area contributed by atoms with Crippen LogP contribution in [0.15, 0.2) is 0 Å². The summed E-state index contributed by atoms with van der Waals surface area (Å²) in [5, 5.41) is 0. The molecule has 1 atom stereocenters. The van der Waals surface area contributed by atoms with E-state index in [4.69, 9.17) is 9.29 Å². The number of amides is 1. The van der Waals surface area contributed by atoms with E-state index >= 15 is 0 Å². The van der Waals surface area contributed by atoms with Crippen LogP contribution in [0.25, 0.3) is 0 Å². The summed E-state index contributed by atoms with van der Waals surface area (Å²) in [4.78, 5) is 13.2. The van der Waals surface area contributed by atoms with Gasteiger partial charge in [0.05, 0.1) is 4.75 Å². The zero-order valence-corrected chi connectivity index (χ0v) is 11.8. The van der Waals surface area contributed by atoms with Gasteiger partial charge in [0.15, 0.2) is 11.1 Å². The van der Waals surface area contributed by atoms with Gasteiger partial charge < -0.3 is 14.2 Å². The fourth-order valence-corrected chi connectivity index (χ4v) is 1.97. The summed E-state index contributed by atoms with van der Waals surface area (Å²) in [6, 6.07) is 0. The Labute approximate surface area is 105 Å². The first-order valence-electron chi connectivity index (χ1n) is 5.63. The van der Waals surface area contributed by atoms with Crippen LogP contribution in [0.1, 0.15) is 34.6 Å². The lowest BCUT2D eigenvalue weighted by molar-refractivity contribution is -0.00579. The molecule has 0 spiro atoms. The van der Waals surface area contributed by atoms with Gasteiger partial charge in [-0.05, 0) is 34.6 Å². The number of nitrogens with zero attached hydrogens (tertiary/aromatic N) is 1. The molecule has 1 fully saturated rings. The molecule has 0 saturated carbocycles. The average molecular weight is 263 g/mol. The van der Waals surface area contributed by atoms with Gasteiger partial charge in [-0.15, -0.1) is 0 Å². The lowest BCUT2D eigenvalue weighted by atomic mass is 9.88. The van der Waals surface area contributed by atoms with E-state index in [1.807, 2.05) is 20.8 Å². The van der Waals surface area contributed by atoms with Crippen LogP contribution >= 0.6 is 0 Å². The third-order valence-electron chi connectivity index (χ3n) is 2.97. The molecule has 1 saturated heterocycles. The van der Waals surface area contributed by atoms with Gasteiger partial charge in [-0.3, -0.25) is 0 Å². The highest BCUT2D eigenvalue weighted by Gasteiger charge is 2.45. The number of rotatable bonds is 2. The molecule has 1 N–H and O–H groups in total. The average Bonchev–Trinajstić information content (AvgIpc) is 1.95. The Hall–Kier alpha value is -0.620. The molecule has 1 aliphatic rings. The van der Waals surface area contributed by atoms with E-state index in [9.17, 15) is 9.00 Å². The molecule has 1 rings (SSSR count). The maximum Gasteiger partial charge on any atom is 0.410 e. The van der Waals surface area contributed by atoms with Gasteiger partial charge in [0.1, 0.15) is 5.60 Å². The smallest absolute Gasteiger partial charge is 0.410 e. The Kier molecular flexibility index (Phi) is 3.88. The lowest BCUT2D eigenvalue weighted by Crippen LogP contribution is -2.59. The van der Waals surface area contributed by atoms with E-state index in [0.29, 0.717) is 13.1 Å². The number of likely N-dealkylation sites (tertiary alicyclic amines) is 1. The first-order valence-corrected chi connectivity index (χ1v) is 6.73. The first-order chi connectivity index (χ1) is 7.54. The molecule has 0 aromatic heterocycles. The van der Waals surface area contributed by atoms with E-state index in [1.165, 1.54) is 0 Å². The Morgan fingerprint density at radius 3 is 2.12 bits per heavy atom. The topological polar surface area (TPSA) is 66.8 Å². The molecule has 6 heteroatoms. The predicted octanol–water partition coefficient (Wildman–Crippen LogP) is 1.85. The van der Waals surface area contributed by atoms with E-state index in [1.54, 1.807) is 18.7 Å². The minimum absolute atomic E-state index is 0.0425. The van der Waals surface area contributed by atoms with E-state index in [2.05, 4.69) is 0 Å². The van der Waals surface area contributed by atoms with Gasteiger partial charge in [0.2, 0.25) is 0 Å². The summed E-state index contributed by atoms with van der Waals surface area (Å²) in [7, 11) is 0. The van der Waals surface area contributed by atoms with Crippen LogP contribution in [0, 0.1) is 5.92 Å². The van der Waals surface area contributed by atoms with Crippen molar-refractivity contribution in [1.29, 1.82) is 0 Å². The Morgan fingerprint density at radius 2 is 1.76 bits per heavy atom. The molecule has 0 aromatic carbocycles. The van der Waals surface area contributed by atoms with Crippen LogP contribution in [0.4, 0.5) is 4.79 Å². The molecule has 1 unspecified atom stereocenters. The van der Waals surface area contributed by atoms with E-state index < -0.39 is 21.4 Å². The second-order valence-corrected chi connectivity index (χ2v) is 7.49. The van der Waals surface area contributed by atoms with Gasteiger partial charge in [0, 0.05) is 19.0 Å². The number of ether oxygens (including phenoxy) is 1. The molecular weight excluding hydrogens is 242 g/mol. The Morgan fingerprint density at radius 1 is 1.29 bits per heavy atom. The molecule has 17 heavy (non-hydrogen) atoms. The SMILES string of the molecule is CC(C)(C)OC(=O)N1CC(C(C)(C)S(=O)O)C1. The minimum atomic E-state index is -1.88. The summed E-state index contributed by atoms with van der Waals surface area (Å²) < 4.78 is 24.8. The molecule has 1 heterocycles. The van der Waals surface area contributed by atoms with Crippen LogP contribution in [0.5, 0.6) is 0 Å². The van der Waals surface area contributed by atoms with E-state index in [-0.39, 0.29) is 12.0 Å². The van der Waals surface area contributed by atoms with Crippen molar-refractivity contribution in [3.63, 3.8) is 0 Å². The predicted molar refractivity (Wildman–Crippen MR) is 66.1 cm³/mol. The molecule has 1 amide bonds. The van der Waals surface area contributed by atoms with Crippen LogP contribution in [0.3, 0.4) is 0 Å². The molecule has 0 aromatic rings. The molecule has 100 valence electrons. The summed E-state index contributed by atoms with van der Waals surface area (Å²) >= 11 is -1.88. The molecule has 5 nitrogen and oxygen atoms in total. The van der Waals surface area contributed by atoms with Gasteiger partial charge in [-0.2, -0.15) is 0 Å². The Balaban J connectivity index is 2.47. The normalized spacial score (nSPS) is 19.8. The quantitative estimate of drug-likeness (QED) is 0.772. The summed E-state index contributed by atoms with van der Waals surface area (Å²) in [6.45, 7) is 9.88. The minimum Gasteiger partial charge on any atom is -0.444 e. The van der Waals surface area contributed by atoms with Gasteiger partial charge in [0.25, 0.3) is 0 Å². The number of carbonyl (C=O) groups excluding carboxylic acids is 1. The van der Waals surface area contributed by atoms with Crippen LogP contribution in [-0.4, -0.2) is 43.2 Å². The molecular formula is C11H21NO4S. The van der Waals surface area contributed by atoms with Crippen LogP contribution in [-0.2, 0) is 15.8 Å². The molecule has 1 aliphatic heterocycles. The van der Waals surface area contributed by atoms with Crippen molar-refractivity contribution in [3.8, 4) is 0 Å². The lowest BCUT2D eigenvalue weighted by Gasteiger charge is -2.45. The van der Waals surface area contributed by atoms with Crippen molar-refractivity contribution in [2.75, 3.05) is 13.1 Å². The molecule has 0 bridgehead atoms. The van der Waals surface area contributed by atoms with Gasteiger partial charge >= 0.3 is 6.09 Å². The standard InChI is InChI=1S/C11H21NO4S/c1-10(2,3)16-9(13)12-6-8(7-12)11(4,5)17(14)15/h8H,6-7H2,1-5H3,(H,14,15). The summed E-state index contributed by atoms with van der Waals surface area (Å²) in [5.74, 6) is 0.0425. The maximum atomic E-state index is 11.6. The van der Waals surface area contributed by atoms with Crippen molar-refractivity contribution in [1.82, 2.24) is 4.90 Å².